The van der Waals surface area contributed by atoms with Gasteiger partial charge in [0.1, 0.15) is 0 Å². The van der Waals surface area contributed by atoms with Gasteiger partial charge in [-0.25, -0.2) is 0 Å². The lowest BCUT2D eigenvalue weighted by Gasteiger charge is -2.33. The lowest BCUT2D eigenvalue weighted by atomic mass is 9.91. The van der Waals surface area contributed by atoms with E-state index in [-0.39, 0.29) is 24.0 Å². The molecule has 1 fully saturated rings. The summed E-state index contributed by atoms with van der Waals surface area (Å²) in [6.45, 7) is 2.76. The van der Waals surface area contributed by atoms with E-state index in [0.29, 0.717) is 0 Å². The van der Waals surface area contributed by atoms with Crippen LogP contribution in [0.3, 0.4) is 0 Å². The third-order valence-corrected chi connectivity index (χ3v) is 3.78. The fourth-order valence-corrected chi connectivity index (χ4v) is 2.62. The second-order valence-corrected chi connectivity index (χ2v) is 4.88. The molecule has 0 aromatic heterocycles. The summed E-state index contributed by atoms with van der Waals surface area (Å²) in [6.07, 6.45) is 4.38. The summed E-state index contributed by atoms with van der Waals surface area (Å²) >= 11 is 0. The zero-order valence-corrected chi connectivity index (χ0v) is 11.2. The van der Waals surface area contributed by atoms with Crippen LogP contribution in [-0.2, 0) is 6.54 Å². The topological polar surface area (TPSA) is 32.3 Å². The van der Waals surface area contributed by atoms with Crippen molar-refractivity contribution in [1.82, 2.24) is 5.32 Å². The first-order valence-corrected chi connectivity index (χ1v) is 6.20. The SMILES string of the molecule is CC(O)C1(NCc2ccccc2)CCCC1.Cl. The van der Waals surface area contributed by atoms with Crippen LogP contribution >= 0.6 is 12.4 Å². The van der Waals surface area contributed by atoms with Gasteiger partial charge in [0.25, 0.3) is 0 Å². The van der Waals surface area contributed by atoms with Gasteiger partial charge >= 0.3 is 0 Å². The fraction of sp³-hybridized carbons (Fsp3) is 0.571. The van der Waals surface area contributed by atoms with E-state index in [0.717, 1.165) is 19.4 Å². The summed E-state index contributed by atoms with van der Waals surface area (Å²) in [4.78, 5) is 0. The Morgan fingerprint density at radius 2 is 1.82 bits per heavy atom. The van der Waals surface area contributed by atoms with Crippen molar-refractivity contribution in [2.24, 2.45) is 0 Å². The average Bonchev–Trinajstić information content (AvgIpc) is 2.78. The maximum atomic E-state index is 9.92. The van der Waals surface area contributed by atoms with Gasteiger partial charge in [0.05, 0.1) is 6.10 Å². The highest BCUT2D eigenvalue weighted by atomic mass is 35.5. The van der Waals surface area contributed by atoms with Crippen LogP contribution in [0.1, 0.15) is 38.2 Å². The van der Waals surface area contributed by atoms with Crippen LogP contribution < -0.4 is 5.32 Å². The number of aliphatic hydroxyl groups excluding tert-OH is 1. The molecule has 1 aliphatic rings. The van der Waals surface area contributed by atoms with E-state index < -0.39 is 0 Å². The van der Waals surface area contributed by atoms with Gasteiger partial charge < -0.3 is 10.4 Å². The molecule has 17 heavy (non-hydrogen) atoms. The molecular formula is C14H22ClNO. The first kappa shape index (κ1) is 14.5. The molecule has 2 N–H and O–H groups in total. The Kier molecular flexibility index (Phi) is 5.44. The van der Waals surface area contributed by atoms with Gasteiger partial charge in [0.2, 0.25) is 0 Å². The van der Waals surface area contributed by atoms with Crippen molar-refractivity contribution in [3.05, 3.63) is 35.9 Å². The standard InChI is InChI=1S/C14H21NO.ClH/c1-12(16)14(9-5-6-10-14)15-11-13-7-3-2-4-8-13;/h2-4,7-8,12,15-16H,5-6,9-11H2,1H3;1H. The smallest absolute Gasteiger partial charge is 0.0693 e. The predicted molar refractivity (Wildman–Crippen MR) is 73.4 cm³/mol. The first-order valence-electron chi connectivity index (χ1n) is 6.20. The molecule has 0 radical (unpaired) electrons. The molecule has 0 amide bonds. The van der Waals surface area contributed by atoms with Crippen molar-refractivity contribution in [3.63, 3.8) is 0 Å². The molecule has 1 unspecified atom stereocenters. The van der Waals surface area contributed by atoms with Crippen molar-refractivity contribution in [3.8, 4) is 0 Å². The molecule has 0 saturated heterocycles. The molecule has 0 heterocycles. The molecule has 2 nitrogen and oxygen atoms in total. The summed E-state index contributed by atoms with van der Waals surface area (Å²) in [5.41, 5.74) is 1.24. The zero-order chi connectivity index (χ0) is 11.4. The molecule has 1 saturated carbocycles. The fourth-order valence-electron chi connectivity index (χ4n) is 2.62. The summed E-state index contributed by atoms with van der Waals surface area (Å²) in [5, 5.41) is 13.5. The molecule has 3 heteroatoms. The number of hydrogen-bond donors (Lipinski definition) is 2. The highest BCUT2D eigenvalue weighted by Crippen LogP contribution is 2.32. The van der Waals surface area contributed by atoms with Crippen molar-refractivity contribution >= 4 is 12.4 Å². The molecule has 1 aliphatic carbocycles. The van der Waals surface area contributed by atoms with E-state index in [1.165, 1.54) is 18.4 Å². The van der Waals surface area contributed by atoms with Crippen LogP contribution in [0.15, 0.2) is 30.3 Å². The highest BCUT2D eigenvalue weighted by molar-refractivity contribution is 5.85. The van der Waals surface area contributed by atoms with E-state index in [4.69, 9.17) is 0 Å². The zero-order valence-electron chi connectivity index (χ0n) is 10.4. The molecule has 1 aromatic rings. The van der Waals surface area contributed by atoms with E-state index in [1.54, 1.807) is 0 Å². The summed E-state index contributed by atoms with van der Waals surface area (Å²) < 4.78 is 0. The summed E-state index contributed by atoms with van der Waals surface area (Å²) in [6, 6.07) is 10.4. The molecule has 96 valence electrons. The Bertz CT molecular complexity index is 320. The van der Waals surface area contributed by atoms with Gasteiger partial charge in [-0.2, -0.15) is 0 Å². The van der Waals surface area contributed by atoms with Gasteiger partial charge in [-0.05, 0) is 25.3 Å². The Morgan fingerprint density at radius 1 is 1.24 bits per heavy atom. The Morgan fingerprint density at radius 3 is 2.35 bits per heavy atom. The second kappa shape index (κ2) is 6.39. The minimum absolute atomic E-state index is 0. The van der Waals surface area contributed by atoms with Crippen LogP contribution in [0.2, 0.25) is 0 Å². The minimum atomic E-state index is -0.265. The largest absolute Gasteiger partial charge is 0.391 e. The summed E-state index contributed by atoms with van der Waals surface area (Å²) in [7, 11) is 0. The number of rotatable bonds is 4. The molecule has 1 atom stereocenters. The van der Waals surface area contributed by atoms with E-state index in [9.17, 15) is 5.11 Å². The molecule has 0 bridgehead atoms. The van der Waals surface area contributed by atoms with Crippen LogP contribution in [0.4, 0.5) is 0 Å². The molecular weight excluding hydrogens is 234 g/mol. The van der Waals surface area contributed by atoms with Crippen LogP contribution in [0.25, 0.3) is 0 Å². The van der Waals surface area contributed by atoms with Gasteiger partial charge in [-0.1, -0.05) is 43.2 Å². The number of benzene rings is 1. The van der Waals surface area contributed by atoms with Crippen molar-refractivity contribution in [2.75, 3.05) is 0 Å². The monoisotopic (exact) mass is 255 g/mol. The Balaban J connectivity index is 0.00000144. The van der Waals surface area contributed by atoms with Crippen LogP contribution in [-0.4, -0.2) is 16.7 Å². The van der Waals surface area contributed by atoms with Gasteiger partial charge in [-0.3, -0.25) is 0 Å². The number of nitrogens with one attached hydrogen (secondary N) is 1. The lowest BCUT2D eigenvalue weighted by molar-refractivity contribution is 0.0761. The maximum absolute atomic E-state index is 9.92. The predicted octanol–water partition coefficient (Wildman–Crippen LogP) is 2.89. The minimum Gasteiger partial charge on any atom is -0.391 e. The Labute approximate surface area is 110 Å². The van der Waals surface area contributed by atoms with Crippen LogP contribution in [0.5, 0.6) is 0 Å². The summed E-state index contributed by atoms with van der Waals surface area (Å²) in [5.74, 6) is 0. The van der Waals surface area contributed by atoms with E-state index >= 15 is 0 Å². The highest BCUT2D eigenvalue weighted by Gasteiger charge is 2.37. The maximum Gasteiger partial charge on any atom is 0.0693 e. The quantitative estimate of drug-likeness (QED) is 0.867. The molecule has 2 rings (SSSR count). The normalized spacial score (nSPS) is 19.6. The second-order valence-electron chi connectivity index (χ2n) is 4.88. The molecule has 1 aromatic carbocycles. The average molecular weight is 256 g/mol. The number of aliphatic hydroxyl groups is 1. The number of hydrogen-bond acceptors (Lipinski definition) is 2. The van der Waals surface area contributed by atoms with E-state index in [2.05, 4.69) is 29.6 Å². The third kappa shape index (κ3) is 3.44. The van der Waals surface area contributed by atoms with E-state index in [1.807, 2.05) is 13.0 Å². The van der Waals surface area contributed by atoms with Gasteiger partial charge in [-0.15, -0.1) is 12.4 Å². The van der Waals surface area contributed by atoms with Gasteiger partial charge in [0.15, 0.2) is 0 Å². The molecule has 0 spiro atoms. The van der Waals surface area contributed by atoms with Crippen molar-refractivity contribution in [1.29, 1.82) is 0 Å². The third-order valence-electron chi connectivity index (χ3n) is 3.78. The Hall–Kier alpha value is -0.570. The van der Waals surface area contributed by atoms with Crippen LogP contribution in [0, 0.1) is 0 Å². The molecule has 0 aliphatic heterocycles. The van der Waals surface area contributed by atoms with Crippen molar-refractivity contribution in [2.45, 2.75) is 50.8 Å². The lowest BCUT2D eigenvalue weighted by Crippen LogP contribution is -2.50. The number of halogens is 1. The van der Waals surface area contributed by atoms with Gasteiger partial charge in [0, 0.05) is 12.1 Å². The first-order chi connectivity index (χ1) is 7.73. The van der Waals surface area contributed by atoms with Crippen molar-refractivity contribution < 1.29 is 5.11 Å².